The number of fused-ring (bicyclic) bond motifs is 3. The van der Waals surface area contributed by atoms with Gasteiger partial charge in [0.1, 0.15) is 35.6 Å². The summed E-state index contributed by atoms with van der Waals surface area (Å²) in [4.78, 5) is 19.8. The van der Waals surface area contributed by atoms with Crippen LogP contribution in [-0.4, -0.2) is 68.0 Å². The maximum absolute atomic E-state index is 16.7. The summed E-state index contributed by atoms with van der Waals surface area (Å²) in [5, 5.41) is 11.8. The Hall–Kier alpha value is -4.51. The zero-order valence-corrected chi connectivity index (χ0v) is 26.9. The molecule has 2 aliphatic rings. The van der Waals surface area contributed by atoms with Crippen LogP contribution in [-0.2, 0) is 12.8 Å². The van der Waals surface area contributed by atoms with Crippen LogP contribution in [0.2, 0.25) is 0 Å². The van der Waals surface area contributed by atoms with E-state index in [1.165, 1.54) is 30.0 Å². The van der Waals surface area contributed by atoms with Gasteiger partial charge in [-0.3, -0.25) is 14.9 Å². The van der Waals surface area contributed by atoms with Gasteiger partial charge < -0.3 is 14.6 Å². The topological polar surface area (TPSA) is 93.5 Å². The van der Waals surface area contributed by atoms with Crippen molar-refractivity contribution in [2.24, 2.45) is 0 Å². The molecular weight excluding hydrogens is 619 g/mol. The van der Waals surface area contributed by atoms with Crippen molar-refractivity contribution in [2.45, 2.75) is 70.0 Å². The van der Waals surface area contributed by atoms with Crippen LogP contribution in [0.15, 0.2) is 55.0 Å². The van der Waals surface area contributed by atoms with Crippen molar-refractivity contribution >= 4 is 21.7 Å². The molecule has 5 heterocycles. The molecule has 2 aromatic carbocycles. The lowest BCUT2D eigenvalue weighted by Crippen LogP contribution is -2.43. The molecule has 250 valence electrons. The van der Waals surface area contributed by atoms with Gasteiger partial charge >= 0.3 is 6.01 Å². The van der Waals surface area contributed by atoms with Crippen molar-refractivity contribution in [3.63, 3.8) is 0 Å². The van der Waals surface area contributed by atoms with Gasteiger partial charge in [0.2, 0.25) is 5.88 Å². The Bertz CT molecular complexity index is 1950. The molecular formula is C37H38F3N5O3. The number of phenolic OH excluding ortho intramolecular Hbond substituents is 1. The van der Waals surface area contributed by atoms with Crippen LogP contribution >= 0.6 is 0 Å². The lowest BCUT2D eigenvalue weighted by molar-refractivity contribution is 0.107. The third-order valence-electron chi connectivity index (χ3n) is 9.69. The average molecular weight is 658 g/mol. The number of hydrogen-bond acceptors (Lipinski definition) is 8. The minimum absolute atomic E-state index is 0.0712. The van der Waals surface area contributed by atoms with Crippen molar-refractivity contribution in [2.75, 3.05) is 26.3 Å². The first kappa shape index (κ1) is 32.1. The molecule has 3 aromatic heterocycles. The molecule has 0 unspecified atom stereocenters. The van der Waals surface area contributed by atoms with Crippen molar-refractivity contribution in [3.8, 4) is 28.9 Å². The van der Waals surface area contributed by atoms with Crippen LogP contribution < -0.4 is 9.47 Å². The molecule has 7 rings (SSSR count). The summed E-state index contributed by atoms with van der Waals surface area (Å²) in [5.74, 6) is -1.16. The minimum atomic E-state index is -0.926. The number of aromatic nitrogens is 4. The number of phenols is 1. The Morgan fingerprint density at radius 3 is 2.79 bits per heavy atom. The van der Waals surface area contributed by atoms with Crippen LogP contribution in [0.1, 0.15) is 56.6 Å². The van der Waals surface area contributed by atoms with Gasteiger partial charge in [0.15, 0.2) is 5.82 Å². The van der Waals surface area contributed by atoms with Crippen molar-refractivity contribution in [1.82, 2.24) is 24.8 Å². The van der Waals surface area contributed by atoms with Crippen molar-refractivity contribution < 1.29 is 27.8 Å². The second-order valence-electron chi connectivity index (χ2n) is 12.8. The fourth-order valence-corrected chi connectivity index (χ4v) is 7.38. The summed E-state index contributed by atoms with van der Waals surface area (Å²) in [6.07, 6.45) is 10.1. The molecule has 0 amide bonds. The second-order valence-corrected chi connectivity index (χ2v) is 12.8. The van der Waals surface area contributed by atoms with E-state index in [1.54, 1.807) is 12.3 Å². The fourth-order valence-electron chi connectivity index (χ4n) is 7.38. The van der Waals surface area contributed by atoms with E-state index in [0.717, 1.165) is 45.1 Å². The van der Waals surface area contributed by atoms with E-state index in [9.17, 15) is 13.9 Å². The first-order valence-corrected chi connectivity index (χ1v) is 16.7. The highest BCUT2D eigenvalue weighted by Gasteiger charge is 2.49. The van der Waals surface area contributed by atoms with Gasteiger partial charge in [0, 0.05) is 37.1 Å². The monoisotopic (exact) mass is 657 g/mol. The molecule has 5 aromatic rings. The lowest BCUT2D eigenvalue weighted by Gasteiger charge is -2.30. The molecule has 0 spiro atoms. The number of unbranched alkanes of at least 4 members (excludes halogenated alkanes) is 2. The second kappa shape index (κ2) is 13.5. The van der Waals surface area contributed by atoms with Crippen molar-refractivity contribution in [3.05, 3.63) is 77.8 Å². The summed E-state index contributed by atoms with van der Waals surface area (Å²) in [7, 11) is 0. The number of aromatic hydroxyl groups is 1. The quantitative estimate of drug-likeness (QED) is 0.138. The third kappa shape index (κ3) is 6.23. The number of ether oxygens (including phenoxy) is 2. The Morgan fingerprint density at radius 2 is 1.96 bits per heavy atom. The summed E-state index contributed by atoms with van der Waals surface area (Å²) < 4.78 is 58.3. The van der Waals surface area contributed by atoms with Crippen LogP contribution in [0.5, 0.6) is 17.6 Å². The van der Waals surface area contributed by atoms with Gasteiger partial charge in [-0.2, -0.15) is 9.97 Å². The largest absolute Gasteiger partial charge is 0.508 e. The predicted molar refractivity (Wildman–Crippen MR) is 177 cm³/mol. The number of rotatable bonds is 12. The first-order chi connectivity index (χ1) is 23.3. The molecule has 11 heteroatoms. The van der Waals surface area contributed by atoms with Crippen LogP contribution in [0.25, 0.3) is 32.9 Å². The molecule has 2 aliphatic heterocycles. The average Bonchev–Trinajstić information content (AvgIpc) is 3.61. The van der Waals surface area contributed by atoms with Crippen LogP contribution in [0, 0.1) is 11.6 Å². The Balaban J connectivity index is 1.22. The number of nitrogens with zero attached hydrogens (tertiary/aromatic N) is 5. The first-order valence-electron chi connectivity index (χ1n) is 16.7. The van der Waals surface area contributed by atoms with E-state index in [0.29, 0.717) is 42.3 Å². The molecule has 0 radical (unpaired) electrons. The van der Waals surface area contributed by atoms with Gasteiger partial charge in [-0.15, -0.1) is 0 Å². The fraction of sp³-hybridized carbons (Fsp3) is 0.405. The van der Waals surface area contributed by atoms with E-state index in [4.69, 9.17) is 9.47 Å². The Morgan fingerprint density at radius 1 is 1.06 bits per heavy atom. The maximum atomic E-state index is 16.7. The SMILES string of the molecule is CCc1c(F)ccc2cc(O)cc(-c3ncc4c(OCCCCCc5cccnc5)nc(OC[C@@]56CCCN5C[C@H](F)C6)nc4c3F)c12. The highest BCUT2D eigenvalue weighted by atomic mass is 19.1. The molecule has 0 aliphatic carbocycles. The smallest absolute Gasteiger partial charge is 0.320 e. The van der Waals surface area contributed by atoms with Gasteiger partial charge in [-0.25, -0.2) is 13.2 Å². The molecule has 0 bridgehead atoms. The lowest BCUT2D eigenvalue weighted by atomic mass is 9.94. The van der Waals surface area contributed by atoms with Gasteiger partial charge in [0.05, 0.1) is 17.5 Å². The molecule has 0 saturated carbocycles. The number of alkyl halides is 1. The molecule has 2 atom stereocenters. The molecule has 48 heavy (non-hydrogen) atoms. The number of hydrogen-bond donors (Lipinski definition) is 1. The van der Waals surface area contributed by atoms with Gasteiger partial charge in [0.25, 0.3) is 0 Å². The number of aryl methyl sites for hydroxylation is 2. The zero-order chi connectivity index (χ0) is 33.3. The van der Waals surface area contributed by atoms with Crippen molar-refractivity contribution in [1.29, 1.82) is 0 Å². The van der Waals surface area contributed by atoms with Crippen LogP contribution in [0.3, 0.4) is 0 Å². The summed E-state index contributed by atoms with van der Waals surface area (Å²) in [6, 6.07) is 9.71. The minimum Gasteiger partial charge on any atom is -0.508 e. The van der Waals surface area contributed by atoms with Crippen LogP contribution in [0.4, 0.5) is 13.2 Å². The predicted octanol–water partition coefficient (Wildman–Crippen LogP) is 7.53. The van der Waals surface area contributed by atoms with E-state index in [1.807, 2.05) is 19.2 Å². The van der Waals surface area contributed by atoms with E-state index in [2.05, 4.69) is 30.9 Å². The van der Waals surface area contributed by atoms with E-state index >= 15 is 4.39 Å². The third-order valence-corrected chi connectivity index (χ3v) is 9.69. The normalized spacial score (nSPS) is 19.3. The number of pyridine rings is 2. The molecule has 1 N–H and O–H groups in total. The zero-order valence-electron chi connectivity index (χ0n) is 26.9. The summed E-state index contributed by atoms with van der Waals surface area (Å²) >= 11 is 0. The van der Waals surface area contributed by atoms with Gasteiger partial charge in [-0.1, -0.05) is 19.1 Å². The van der Waals surface area contributed by atoms with Gasteiger partial charge in [-0.05, 0) is 97.7 Å². The molecule has 8 nitrogen and oxygen atoms in total. The maximum Gasteiger partial charge on any atom is 0.320 e. The van der Waals surface area contributed by atoms with E-state index in [-0.39, 0.29) is 46.4 Å². The standard InChI is InChI=1S/C37H38F3N5O3/c1-2-27-30(39)11-10-24-16-26(46)17-28(31(24)27)33-32(40)34-29(20-42-33)35(47-15-5-3-4-8-23-9-6-13-41-19-23)44-36(43-34)48-22-37-12-7-14-45(37)21-25(38)18-37/h6,9-11,13,16-17,19-20,25,46H,2-5,7-8,12,14-15,18,21-22H2,1H3/t25-,37+/m1/s1. The molecule has 2 fully saturated rings. The number of benzene rings is 2. The highest BCUT2D eigenvalue weighted by molar-refractivity contribution is 6.01. The Kier molecular flexibility index (Phi) is 9.04. The highest BCUT2D eigenvalue weighted by Crippen LogP contribution is 2.41. The number of halogens is 3. The summed E-state index contributed by atoms with van der Waals surface area (Å²) in [5.41, 5.74) is 1.21. The molecule has 2 saturated heterocycles. The van der Waals surface area contributed by atoms with E-state index < -0.39 is 23.3 Å². The Labute approximate surface area is 277 Å². The summed E-state index contributed by atoms with van der Waals surface area (Å²) in [6.45, 7) is 3.50.